The quantitative estimate of drug-likeness (QED) is 0.863. The zero-order chi connectivity index (χ0) is 14.6. The molecule has 0 bridgehead atoms. The molecule has 0 aliphatic carbocycles. The summed E-state index contributed by atoms with van der Waals surface area (Å²) in [5.41, 5.74) is 9.50. The highest BCUT2D eigenvalue weighted by Crippen LogP contribution is 2.21. The normalized spacial score (nSPS) is 13.8. The fourth-order valence-corrected chi connectivity index (χ4v) is 2.56. The fourth-order valence-electron chi connectivity index (χ4n) is 2.29. The van der Waals surface area contributed by atoms with Crippen LogP contribution in [-0.4, -0.2) is 12.1 Å². The smallest absolute Gasteiger partial charge is 0.0507 e. The lowest BCUT2D eigenvalue weighted by atomic mass is 9.92. The van der Waals surface area contributed by atoms with Crippen molar-refractivity contribution in [1.29, 1.82) is 0 Å². The molecule has 0 saturated carbocycles. The van der Waals surface area contributed by atoms with Crippen LogP contribution in [0.1, 0.15) is 18.1 Å². The molecule has 3 N–H and O–H groups in total. The van der Waals surface area contributed by atoms with Crippen LogP contribution in [0.25, 0.3) is 0 Å². The third-order valence-electron chi connectivity index (χ3n) is 3.42. The molecule has 1 unspecified atom stereocenters. The van der Waals surface area contributed by atoms with E-state index in [4.69, 9.17) is 5.73 Å². The first kappa shape index (κ1) is 15.1. The van der Waals surface area contributed by atoms with Gasteiger partial charge in [-0.15, -0.1) is 0 Å². The Kier molecular flexibility index (Phi) is 4.84. The van der Waals surface area contributed by atoms with Crippen LogP contribution in [0.4, 0.5) is 5.69 Å². The van der Waals surface area contributed by atoms with Crippen LogP contribution in [-0.2, 0) is 6.42 Å². The highest BCUT2D eigenvalue weighted by molar-refractivity contribution is 9.10. The van der Waals surface area contributed by atoms with Gasteiger partial charge in [-0.05, 0) is 55.7 Å². The third-order valence-corrected chi connectivity index (χ3v) is 3.95. The Morgan fingerprint density at radius 2 is 1.85 bits per heavy atom. The average molecular weight is 333 g/mol. The SMILES string of the molecule is Cc1cccc(NC(C)(CN)Cc2ccc(Br)cc2)c1. The molecular weight excluding hydrogens is 312 g/mol. The Labute approximate surface area is 129 Å². The molecular formula is C17H21BrN2. The predicted octanol–water partition coefficient (Wildman–Crippen LogP) is 4.13. The zero-order valence-corrected chi connectivity index (χ0v) is 13.6. The molecule has 0 aliphatic heterocycles. The van der Waals surface area contributed by atoms with E-state index >= 15 is 0 Å². The van der Waals surface area contributed by atoms with Crippen LogP contribution in [0.3, 0.4) is 0 Å². The number of nitrogens with one attached hydrogen (secondary N) is 1. The maximum absolute atomic E-state index is 6.00. The molecule has 2 rings (SSSR count). The van der Waals surface area contributed by atoms with Crippen molar-refractivity contribution >= 4 is 21.6 Å². The second-order valence-electron chi connectivity index (χ2n) is 5.56. The van der Waals surface area contributed by atoms with Crippen LogP contribution >= 0.6 is 15.9 Å². The van der Waals surface area contributed by atoms with Crippen molar-refractivity contribution in [1.82, 2.24) is 0 Å². The van der Waals surface area contributed by atoms with Crippen molar-refractivity contribution in [3.63, 3.8) is 0 Å². The van der Waals surface area contributed by atoms with Crippen molar-refractivity contribution in [2.75, 3.05) is 11.9 Å². The van der Waals surface area contributed by atoms with E-state index in [0.29, 0.717) is 6.54 Å². The van der Waals surface area contributed by atoms with Gasteiger partial charge in [0.05, 0.1) is 5.54 Å². The first-order valence-corrected chi connectivity index (χ1v) is 7.59. The largest absolute Gasteiger partial charge is 0.378 e. The van der Waals surface area contributed by atoms with Gasteiger partial charge in [-0.1, -0.05) is 40.2 Å². The van der Waals surface area contributed by atoms with Crippen LogP contribution in [0.5, 0.6) is 0 Å². The van der Waals surface area contributed by atoms with Crippen molar-refractivity contribution in [2.45, 2.75) is 25.8 Å². The summed E-state index contributed by atoms with van der Waals surface area (Å²) in [6.45, 7) is 4.84. The van der Waals surface area contributed by atoms with E-state index in [2.05, 4.69) is 83.6 Å². The monoisotopic (exact) mass is 332 g/mol. The Hall–Kier alpha value is -1.32. The summed E-state index contributed by atoms with van der Waals surface area (Å²) < 4.78 is 1.10. The molecule has 2 aromatic carbocycles. The minimum absolute atomic E-state index is 0.151. The van der Waals surface area contributed by atoms with E-state index in [0.717, 1.165) is 16.6 Å². The van der Waals surface area contributed by atoms with E-state index in [-0.39, 0.29) is 5.54 Å². The second kappa shape index (κ2) is 6.42. The minimum atomic E-state index is -0.151. The minimum Gasteiger partial charge on any atom is -0.378 e. The van der Waals surface area contributed by atoms with Gasteiger partial charge in [0.15, 0.2) is 0 Å². The molecule has 2 aromatic rings. The summed E-state index contributed by atoms with van der Waals surface area (Å²) in [6, 6.07) is 16.8. The molecule has 0 saturated heterocycles. The highest BCUT2D eigenvalue weighted by Gasteiger charge is 2.22. The summed E-state index contributed by atoms with van der Waals surface area (Å²) >= 11 is 3.46. The van der Waals surface area contributed by atoms with Gasteiger partial charge in [-0.3, -0.25) is 0 Å². The number of aryl methyl sites for hydroxylation is 1. The molecule has 0 amide bonds. The number of rotatable bonds is 5. The number of hydrogen-bond donors (Lipinski definition) is 2. The van der Waals surface area contributed by atoms with E-state index in [1.165, 1.54) is 11.1 Å². The zero-order valence-electron chi connectivity index (χ0n) is 12.0. The molecule has 0 heterocycles. The Morgan fingerprint density at radius 3 is 2.45 bits per heavy atom. The summed E-state index contributed by atoms with van der Waals surface area (Å²) in [6.07, 6.45) is 0.894. The summed E-state index contributed by atoms with van der Waals surface area (Å²) in [5.74, 6) is 0. The van der Waals surface area contributed by atoms with Gasteiger partial charge < -0.3 is 11.1 Å². The van der Waals surface area contributed by atoms with Gasteiger partial charge in [0.25, 0.3) is 0 Å². The first-order chi connectivity index (χ1) is 9.50. The Morgan fingerprint density at radius 1 is 1.15 bits per heavy atom. The molecule has 0 aromatic heterocycles. The summed E-state index contributed by atoms with van der Waals surface area (Å²) in [5, 5.41) is 3.57. The highest BCUT2D eigenvalue weighted by atomic mass is 79.9. The summed E-state index contributed by atoms with van der Waals surface area (Å²) in [4.78, 5) is 0. The van der Waals surface area contributed by atoms with Gasteiger partial charge in [0.1, 0.15) is 0 Å². The number of nitrogens with two attached hydrogens (primary N) is 1. The van der Waals surface area contributed by atoms with Crippen LogP contribution < -0.4 is 11.1 Å². The van der Waals surface area contributed by atoms with E-state index < -0.39 is 0 Å². The number of anilines is 1. The van der Waals surface area contributed by atoms with Crippen LogP contribution in [0.2, 0.25) is 0 Å². The molecule has 0 spiro atoms. The molecule has 20 heavy (non-hydrogen) atoms. The maximum atomic E-state index is 6.00. The average Bonchev–Trinajstić information content (AvgIpc) is 2.41. The lowest BCUT2D eigenvalue weighted by Crippen LogP contribution is -2.44. The standard InChI is InChI=1S/C17H21BrN2/c1-13-4-3-5-16(10-13)20-17(2,12-19)11-14-6-8-15(18)9-7-14/h3-10,20H,11-12,19H2,1-2H3. The lowest BCUT2D eigenvalue weighted by Gasteiger charge is -2.31. The predicted molar refractivity (Wildman–Crippen MR) is 90.1 cm³/mol. The van der Waals surface area contributed by atoms with Gasteiger partial charge in [0, 0.05) is 16.7 Å². The van der Waals surface area contributed by atoms with Crippen molar-refractivity contribution < 1.29 is 0 Å². The van der Waals surface area contributed by atoms with E-state index in [9.17, 15) is 0 Å². The van der Waals surface area contributed by atoms with Crippen LogP contribution in [0, 0.1) is 6.92 Å². The molecule has 0 fully saturated rings. The number of hydrogen-bond acceptors (Lipinski definition) is 2. The molecule has 1 atom stereocenters. The first-order valence-electron chi connectivity index (χ1n) is 6.80. The van der Waals surface area contributed by atoms with Gasteiger partial charge in [-0.25, -0.2) is 0 Å². The van der Waals surface area contributed by atoms with E-state index in [1.807, 2.05) is 0 Å². The van der Waals surface area contributed by atoms with E-state index in [1.54, 1.807) is 0 Å². The Balaban J connectivity index is 2.14. The van der Waals surface area contributed by atoms with Gasteiger partial charge >= 0.3 is 0 Å². The van der Waals surface area contributed by atoms with Crippen molar-refractivity contribution in [3.05, 3.63) is 64.1 Å². The lowest BCUT2D eigenvalue weighted by molar-refractivity contribution is 0.521. The fraction of sp³-hybridized carbons (Fsp3) is 0.294. The molecule has 0 radical (unpaired) electrons. The molecule has 106 valence electrons. The van der Waals surface area contributed by atoms with Crippen molar-refractivity contribution in [2.24, 2.45) is 5.73 Å². The molecule has 2 nitrogen and oxygen atoms in total. The summed E-state index contributed by atoms with van der Waals surface area (Å²) in [7, 11) is 0. The third kappa shape index (κ3) is 4.09. The molecule has 0 aliphatic rings. The number of halogens is 1. The maximum Gasteiger partial charge on any atom is 0.0507 e. The van der Waals surface area contributed by atoms with Crippen LogP contribution in [0.15, 0.2) is 53.0 Å². The topological polar surface area (TPSA) is 38.0 Å². The van der Waals surface area contributed by atoms with Crippen molar-refractivity contribution in [3.8, 4) is 0 Å². The van der Waals surface area contributed by atoms with Gasteiger partial charge in [0.2, 0.25) is 0 Å². The number of benzene rings is 2. The molecule has 3 heteroatoms. The van der Waals surface area contributed by atoms with Gasteiger partial charge in [-0.2, -0.15) is 0 Å². The Bertz CT molecular complexity index is 565. The second-order valence-corrected chi connectivity index (χ2v) is 6.48.